The quantitative estimate of drug-likeness (QED) is 0.454. The standard InChI is InChI=1S/C17H22O5/c1-8-7-12(21-10(3)18)13-9(2)16(19)22-15(13)14-11(8)5-6-17(14,4)20/h11-15,20H,1-2,5-7H2,3-4H3/t11-,12-,13+,14?,15-,17-/m0/s1. The molecule has 3 rings (SSSR count). The maximum absolute atomic E-state index is 12.0. The smallest absolute Gasteiger partial charge is 0.334 e. The summed E-state index contributed by atoms with van der Waals surface area (Å²) in [5.41, 5.74) is 0.353. The van der Waals surface area contributed by atoms with Crippen LogP contribution in [0, 0.1) is 17.8 Å². The van der Waals surface area contributed by atoms with Crippen molar-refractivity contribution in [2.75, 3.05) is 0 Å². The number of carbonyl (C=O) groups excluding carboxylic acids is 2. The van der Waals surface area contributed by atoms with Crippen LogP contribution in [-0.2, 0) is 19.1 Å². The average molecular weight is 306 g/mol. The van der Waals surface area contributed by atoms with Gasteiger partial charge in [-0.05, 0) is 25.7 Å². The third-order valence-electron chi connectivity index (χ3n) is 5.43. The van der Waals surface area contributed by atoms with E-state index in [-0.39, 0.29) is 11.8 Å². The van der Waals surface area contributed by atoms with Gasteiger partial charge in [-0.3, -0.25) is 4.79 Å². The molecule has 6 atom stereocenters. The van der Waals surface area contributed by atoms with Gasteiger partial charge in [0.25, 0.3) is 0 Å². The largest absolute Gasteiger partial charge is 0.461 e. The SMILES string of the molecule is C=C1C(=O)O[C@@H]2C3[C@@H](CC[C@]3(C)O)C(=C)C[C@H](OC(C)=O)[C@@H]12. The van der Waals surface area contributed by atoms with Crippen LogP contribution in [0.25, 0.3) is 0 Å². The Morgan fingerprint density at radius 1 is 1.45 bits per heavy atom. The van der Waals surface area contributed by atoms with Crippen molar-refractivity contribution >= 4 is 11.9 Å². The third-order valence-corrected chi connectivity index (χ3v) is 5.43. The lowest BCUT2D eigenvalue weighted by Crippen LogP contribution is -2.44. The van der Waals surface area contributed by atoms with Crippen LogP contribution in [0.15, 0.2) is 24.3 Å². The van der Waals surface area contributed by atoms with Gasteiger partial charge >= 0.3 is 11.9 Å². The summed E-state index contributed by atoms with van der Waals surface area (Å²) in [4.78, 5) is 23.4. The number of rotatable bonds is 1. The highest BCUT2D eigenvalue weighted by molar-refractivity contribution is 5.91. The van der Waals surface area contributed by atoms with Crippen molar-refractivity contribution in [1.29, 1.82) is 0 Å². The minimum atomic E-state index is -0.924. The Morgan fingerprint density at radius 2 is 2.14 bits per heavy atom. The summed E-state index contributed by atoms with van der Waals surface area (Å²) in [6, 6.07) is 0. The predicted molar refractivity (Wildman–Crippen MR) is 78.7 cm³/mol. The van der Waals surface area contributed by atoms with E-state index < -0.39 is 35.7 Å². The van der Waals surface area contributed by atoms with Crippen LogP contribution < -0.4 is 0 Å². The van der Waals surface area contributed by atoms with Crippen LogP contribution in [0.3, 0.4) is 0 Å². The van der Waals surface area contributed by atoms with Gasteiger partial charge in [-0.25, -0.2) is 4.79 Å². The first-order valence-electron chi connectivity index (χ1n) is 7.69. The second kappa shape index (κ2) is 4.95. The van der Waals surface area contributed by atoms with Crippen LogP contribution in [-0.4, -0.2) is 34.9 Å². The van der Waals surface area contributed by atoms with Crippen molar-refractivity contribution in [3.05, 3.63) is 24.3 Å². The number of aliphatic hydroxyl groups is 1. The Labute approximate surface area is 130 Å². The molecule has 0 spiro atoms. The van der Waals surface area contributed by atoms with Crippen LogP contribution in [0.2, 0.25) is 0 Å². The summed E-state index contributed by atoms with van der Waals surface area (Å²) >= 11 is 0. The molecular weight excluding hydrogens is 284 g/mol. The summed E-state index contributed by atoms with van der Waals surface area (Å²) in [5.74, 6) is -1.42. The molecule has 0 bridgehead atoms. The summed E-state index contributed by atoms with van der Waals surface area (Å²) in [6.07, 6.45) is 0.915. The average Bonchev–Trinajstić information content (AvgIpc) is 2.81. The summed E-state index contributed by atoms with van der Waals surface area (Å²) in [7, 11) is 0. The van der Waals surface area contributed by atoms with Gasteiger partial charge in [0.05, 0.1) is 11.5 Å². The number of hydrogen-bond acceptors (Lipinski definition) is 5. The summed E-state index contributed by atoms with van der Waals surface area (Å²) in [6.45, 7) is 11.1. The highest BCUT2D eigenvalue weighted by atomic mass is 16.6. The van der Waals surface area contributed by atoms with Crippen molar-refractivity contribution in [3.8, 4) is 0 Å². The molecule has 0 radical (unpaired) electrons. The van der Waals surface area contributed by atoms with E-state index in [4.69, 9.17) is 9.47 Å². The first-order valence-corrected chi connectivity index (χ1v) is 7.69. The van der Waals surface area contributed by atoms with E-state index in [9.17, 15) is 14.7 Å². The molecule has 2 aliphatic carbocycles. The molecule has 3 aliphatic rings. The van der Waals surface area contributed by atoms with Crippen LogP contribution in [0.5, 0.6) is 0 Å². The van der Waals surface area contributed by atoms with Crippen molar-refractivity contribution in [1.82, 2.24) is 0 Å². The fourth-order valence-corrected chi connectivity index (χ4v) is 4.47. The van der Waals surface area contributed by atoms with E-state index in [1.165, 1.54) is 6.92 Å². The van der Waals surface area contributed by atoms with Crippen molar-refractivity contribution in [2.24, 2.45) is 17.8 Å². The molecule has 120 valence electrons. The summed E-state index contributed by atoms with van der Waals surface area (Å²) in [5, 5.41) is 10.8. The molecule has 22 heavy (non-hydrogen) atoms. The maximum atomic E-state index is 12.0. The van der Waals surface area contributed by atoms with Gasteiger partial charge in [-0.2, -0.15) is 0 Å². The highest BCUT2D eigenvalue weighted by Gasteiger charge is 2.59. The Balaban J connectivity index is 2.04. The van der Waals surface area contributed by atoms with Crippen molar-refractivity contribution < 1.29 is 24.2 Å². The fraction of sp³-hybridized carbons (Fsp3) is 0.647. The molecule has 0 aromatic rings. The zero-order valence-electron chi connectivity index (χ0n) is 13.0. The Bertz CT molecular complexity index is 561. The van der Waals surface area contributed by atoms with Gasteiger partial charge in [0.2, 0.25) is 0 Å². The molecule has 0 aromatic carbocycles. The van der Waals surface area contributed by atoms with E-state index in [1.807, 2.05) is 0 Å². The normalized spacial score (nSPS) is 44.1. The number of carbonyl (C=O) groups is 2. The first-order chi connectivity index (χ1) is 10.2. The molecule has 5 nitrogen and oxygen atoms in total. The molecule has 0 aromatic heterocycles. The zero-order valence-corrected chi connectivity index (χ0v) is 13.0. The molecule has 1 heterocycles. The summed E-state index contributed by atoms with van der Waals surface area (Å²) < 4.78 is 11.0. The van der Waals surface area contributed by atoms with Gasteiger partial charge in [0.15, 0.2) is 0 Å². The number of esters is 2. The Kier molecular flexibility index (Phi) is 3.44. The van der Waals surface area contributed by atoms with Gasteiger partial charge in [-0.1, -0.05) is 18.7 Å². The fourth-order valence-electron chi connectivity index (χ4n) is 4.47. The topological polar surface area (TPSA) is 72.8 Å². The lowest BCUT2D eigenvalue weighted by atomic mass is 9.77. The molecule has 3 fully saturated rings. The molecule has 2 saturated carbocycles. The Hall–Kier alpha value is -1.62. The van der Waals surface area contributed by atoms with Gasteiger partial charge in [0, 0.05) is 24.8 Å². The van der Waals surface area contributed by atoms with Gasteiger partial charge < -0.3 is 14.6 Å². The molecule has 0 amide bonds. The van der Waals surface area contributed by atoms with E-state index in [0.29, 0.717) is 18.4 Å². The Morgan fingerprint density at radius 3 is 2.77 bits per heavy atom. The molecule has 1 aliphatic heterocycles. The lowest BCUT2D eigenvalue weighted by molar-refractivity contribution is -0.153. The highest BCUT2D eigenvalue weighted by Crippen LogP contribution is 2.54. The second-order valence-electron chi connectivity index (χ2n) is 6.96. The minimum absolute atomic E-state index is 0.0711. The van der Waals surface area contributed by atoms with Crippen LogP contribution >= 0.6 is 0 Å². The van der Waals surface area contributed by atoms with E-state index in [0.717, 1.165) is 12.0 Å². The van der Waals surface area contributed by atoms with E-state index in [1.54, 1.807) is 6.92 Å². The monoisotopic (exact) mass is 306 g/mol. The maximum Gasteiger partial charge on any atom is 0.334 e. The zero-order chi connectivity index (χ0) is 16.2. The lowest BCUT2D eigenvalue weighted by Gasteiger charge is -2.34. The van der Waals surface area contributed by atoms with E-state index >= 15 is 0 Å². The van der Waals surface area contributed by atoms with Gasteiger partial charge in [-0.15, -0.1) is 0 Å². The van der Waals surface area contributed by atoms with Gasteiger partial charge in [0.1, 0.15) is 12.2 Å². The predicted octanol–water partition coefficient (Wildman–Crippen LogP) is 1.75. The third kappa shape index (κ3) is 2.19. The molecule has 1 N–H and O–H groups in total. The van der Waals surface area contributed by atoms with Crippen molar-refractivity contribution in [2.45, 2.75) is 50.9 Å². The second-order valence-corrected chi connectivity index (χ2v) is 6.96. The molecular formula is C17H22O5. The van der Waals surface area contributed by atoms with Crippen LogP contribution in [0.4, 0.5) is 0 Å². The molecule has 1 saturated heterocycles. The van der Waals surface area contributed by atoms with E-state index in [2.05, 4.69) is 13.2 Å². The first kappa shape index (κ1) is 15.3. The molecule has 5 heteroatoms. The number of ether oxygens (including phenoxy) is 2. The molecule has 1 unspecified atom stereocenters. The number of fused-ring (bicyclic) bond motifs is 3. The minimum Gasteiger partial charge on any atom is -0.461 e. The van der Waals surface area contributed by atoms with Crippen molar-refractivity contribution in [3.63, 3.8) is 0 Å². The van der Waals surface area contributed by atoms with Crippen LogP contribution in [0.1, 0.15) is 33.1 Å². The number of hydrogen-bond donors (Lipinski definition) is 1.